The number of urea groups is 1. The molecule has 4 rings (SSSR count). The molecule has 1 fully saturated rings. The van der Waals surface area contributed by atoms with E-state index in [0.29, 0.717) is 33.8 Å². The van der Waals surface area contributed by atoms with Gasteiger partial charge in [-0.05, 0) is 64.3 Å². The molecule has 1 saturated heterocycles. The number of carbonyl (C=O) groups excluding carboxylic acids is 2. The molecule has 1 heterocycles. The SMILES string of the molecule is COc1cc(/C=C2/NC(=O)N(c3ccccc3)C2=O)cc(Br)c1OCc1ccc(C)cc1. The number of amides is 3. The van der Waals surface area contributed by atoms with Crippen LogP contribution in [0.4, 0.5) is 10.5 Å². The van der Waals surface area contributed by atoms with Gasteiger partial charge in [0.1, 0.15) is 12.3 Å². The van der Waals surface area contributed by atoms with Crippen LogP contribution >= 0.6 is 15.9 Å². The number of anilines is 1. The minimum absolute atomic E-state index is 0.182. The third kappa shape index (κ3) is 4.53. The van der Waals surface area contributed by atoms with Crippen molar-refractivity contribution in [1.82, 2.24) is 5.32 Å². The van der Waals surface area contributed by atoms with E-state index >= 15 is 0 Å². The zero-order chi connectivity index (χ0) is 22.7. The minimum Gasteiger partial charge on any atom is -0.493 e. The molecule has 0 aliphatic carbocycles. The fraction of sp³-hybridized carbons (Fsp3) is 0.120. The molecule has 0 bridgehead atoms. The molecule has 1 N–H and O–H groups in total. The standard InChI is InChI=1S/C25H21BrN2O4/c1-16-8-10-17(11-9-16)15-32-23-20(26)12-18(14-22(23)31-2)13-21-24(29)28(25(30)27-21)19-6-4-3-5-7-19/h3-14H,15H2,1-2H3,(H,27,30)/b21-13+. The number of carbonyl (C=O) groups is 2. The van der Waals surface area contributed by atoms with Gasteiger partial charge < -0.3 is 14.8 Å². The van der Waals surface area contributed by atoms with Crippen LogP contribution in [0.5, 0.6) is 11.5 Å². The molecule has 0 aromatic heterocycles. The normalized spacial score (nSPS) is 14.6. The number of hydrogen-bond donors (Lipinski definition) is 1. The third-order valence-corrected chi connectivity index (χ3v) is 5.55. The summed E-state index contributed by atoms with van der Waals surface area (Å²) < 4.78 is 12.2. The van der Waals surface area contributed by atoms with Crippen molar-refractivity contribution in [2.24, 2.45) is 0 Å². The van der Waals surface area contributed by atoms with E-state index in [1.54, 1.807) is 43.5 Å². The first-order valence-electron chi connectivity index (χ1n) is 9.94. The Balaban J connectivity index is 1.57. The molecule has 3 aromatic carbocycles. The summed E-state index contributed by atoms with van der Waals surface area (Å²) in [5, 5.41) is 2.63. The summed E-state index contributed by atoms with van der Waals surface area (Å²) in [7, 11) is 1.55. The lowest BCUT2D eigenvalue weighted by Crippen LogP contribution is -2.30. The Labute approximate surface area is 194 Å². The van der Waals surface area contributed by atoms with Crippen LogP contribution in [-0.4, -0.2) is 19.0 Å². The highest BCUT2D eigenvalue weighted by Gasteiger charge is 2.34. The van der Waals surface area contributed by atoms with Crippen molar-refractivity contribution in [3.63, 3.8) is 0 Å². The second kappa shape index (κ2) is 9.28. The average Bonchev–Trinajstić information content (AvgIpc) is 3.07. The Morgan fingerprint density at radius 3 is 2.44 bits per heavy atom. The average molecular weight is 493 g/mol. The molecule has 0 unspecified atom stereocenters. The fourth-order valence-corrected chi connectivity index (χ4v) is 3.89. The van der Waals surface area contributed by atoms with Gasteiger partial charge in [-0.15, -0.1) is 0 Å². The molecule has 1 aliphatic heterocycles. The molecular weight excluding hydrogens is 472 g/mol. The van der Waals surface area contributed by atoms with Crippen molar-refractivity contribution < 1.29 is 19.1 Å². The van der Waals surface area contributed by atoms with E-state index in [1.165, 1.54) is 5.56 Å². The minimum atomic E-state index is -0.489. The van der Waals surface area contributed by atoms with E-state index in [2.05, 4.69) is 21.2 Å². The highest BCUT2D eigenvalue weighted by Crippen LogP contribution is 2.38. The first kappa shape index (κ1) is 21.6. The number of benzene rings is 3. The summed E-state index contributed by atoms with van der Waals surface area (Å²) in [6.45, 7) is 2.42. The summed E-state index contributed by atoms with van der Waals surface area (Å²) in [4.78, 5) is 26.3. The molecule has 3 aromatic rings. The van der Waals surface area contributed by atoms with Gasteiger partial charge in [-0.25, -0.2) is 9.69 Å². The van der Waals surface area contributed by atoms with Crippen LogP contribution < -0.4 is 19.7 Å². The number of methoxy groups -OCH3 is 1. The van der Waals surface area contributed by atoms with Crippen LogP contribution in [0.1, 0.15) is 16.7 Å². The van der Waals surface area contributed by atoms with Gasteiger partial charge >= 0.3 is 6.03 Å². The van der Waals surface area contributed by atoms with E-state index in [9.17, 15) is 9.59 Å². The highest BCUT2D eigenvalue weighted by atomic mass is 79.9. The molecule has 0 saturated carbocycles. The van der Waals surface area contributed by atoms with Gasteiger partial charge in [0.25, 0.3) is 5.91 Å². The molecule has 162 valence electrons. The number of halogens is 1. The van der Waals surface area contributed by atoms with Gasteiger partial charge in [0, 0.05) is 0 Å². The lowest BCUT2D eigenvalue weighted by atomic mass is 10.1. The van der Waals surface area contributed by atoms with E-state index in [1.807, 2.05) is 43.3 Å². The van der Waals surface area contributed by atoms with E-state index in [4.69, 9.17) is 9.47 Å². The predicted molar refractivity (Wildman–Crippen MR) is 127 cm³/mol. The second-order valence-electron chi connectivity index (χ2n) is 7.27. The van der Waals surface area contributed by atoms with E-state index in [0.717, 1.165) is 10.5 Å². The summed E-state index contributed by atoms with van der Waals surface area (Å²) >= 11 is 3.53. The first-order valence-corrected chi connectivity index (χ1v) is 10.7. The van der Waals surface area contributed by atoms with Crippen molar-refractivity contribution >= 4 is 39.6 Å². The maximum Gasteiger partial charge on any atom is 0.333 e. The molecular formula is C25H21BrN2O4. The third-order valence-electron chi connectivity index (χ3n) is 4.96. The summed E-state index contributed by atoms with van der Waals surface area (Å²) in [6.07, 6.45) is 1.61. The quantitative estimate of drug-likeness (QED) is 0.367. The fourth-order valence-electron chi connectivity index (χ4n) is 3.32. The Morgan fingerprint density at radius 2 is 1.75 bits per heavy atom. The van der Waals surface area contributed by atoms with Crippen molar-refractivity contribution in [1.29, 1.82) is 0 Å². The van der Waals surface area contributed by atoms with Gasteiger partial charge in [0.15, 0.2) is 11.5 Å². The molecule has 6 nitrogen and oxygen atoms in total. The predicted octanol–water partition coefficient (Wildman–Crippen LogP) is 5.44. The molecule has 7 heteroatoms. The van der Waals surface area contributed by atoms with Gasteiger partial charge in [0.2, 0.25) is 0 Å². The lowest BCUT2D eigenvalue weighted by molar-refractivity contribution is -0.113. The van der Waals surface area contributed by atoms with Crippen LogP contribution in [0.2, 0.25) is 0 Å². The van der Waals surface area contributed by atoms with E-state index in [-0.39, 0.29) is 5.70 Å². The molecule has 1 aliphatic rings. The van der Waals surface area contributed by atoms with Crippen molar-refractivity contribution in [2.45, 2.75) is 13.5 Å². The van der Waals surface area contributed by atoms with Crippen molar-refractivity contribution in [2.75, 3.05) is 12.0 Å². The number of hydrogen-bond acceptors (Lipinski definition) is 4. The Kier molecular flexibility index (Phi) is 6.28. The molecule has 0 radical (unpaired) electrons. The molecule has 0 spiro atoms. The number of rotatable bonds is 6. The second-order valence-corrected chi connectivity index (χ2v) is 8.13. The van der Waals surface area contributed by atoms with Crippen LogP contribution in [0.15, 0.2) is 76.9 Å². The lowest BCUT2D eigenvalue weighted by Gasteiger charge is -2.14. The molecule has 0 atom stereocenters. The monoisotopic (exact) mass is 492 g/mol. The largest absolute Gasteiger partial charge is 0.493 e. The van der Waals surface area contributed by atoms with E-state index < -0.39 is 11.9 Å². The number of ether oxygens (including phenoxy) is 2. The number of para-hydroxylation sites is 1. The Hall–Kier alpha value is -3.58. The number of nitrogens with zero attached hydrogens (tertiary/aromatic N) is 1. The first-order chi connectivity index (χ1) is 15.5. The molecule has 32 heavy (non-hydrogen) atoms. The van der Waals surface area contributed by atoms with Crippen LogP contribution in [0.3, 0.4) is 0 Å². The summed E-state index contributed by atoms with van der Waals surface area (Å²) in [6, 6.07) is 20.0. The zero-order valence-electron chi connectivity index (χ0n) is 17.6. The van der Waals surface area contributed by atoms with Gasteiger partial charge in [-0.3, -0.25) is 4.79 Å². The maximum absolute atomic E-state index is 12.8. The summed E-state index contributed by atoms with van der Waals surface area (Å²) in [5.74, 6) is 0.647. The number of aryl methyl sites for hydroxylation is 1. The van der Waals surface area contributed by atoms with Gasteiger partial charge in [-0.1, -0.05) is 48.0 Å². The van der Waals surface area contributed by atoms with Crippen LogP contribution in [-0.2, 0) is 11.4 Å². The van der Waals surface area contributed by atoms with Gasteiger partial charge in [-0.2, -0.15) is 0 Å². The van der Waals surface area contributed by atoms with Crippen molar-refractivity contribution in [3.8, 4) is 11.5 Å². The highest BCUT2D eigenvalue weighted by molar-refractivity contribution is 9.10. The number of nitrogens with one attached hydrogen (secondary N) is 1. The topological polar surface area (TPSA) is 67.9 Å². The number of imide groups is 1. The Morgan fingerprint density at radius 1 is 1.03 bits per heavy atom. The zero-order valence-corrected chi connectivity index (χ0v) is 19.2. The Bertz CT molecular complexity index is 1190. The van der Waals surface area contributed by atoms with Gasteiger partial charge in [0.05, 0.1) is 17.3 Å². The van der Waals surface area contributed by atoms with Crippen LogP contribution in [0.25, 0.3) is 6.08 Å². The van der Waals surface area contributed by atoms with Crippen LogP contribution in [0, 0.1) is 6.92 Å². The molecule has 3 amide bonds. The smallest absolute Gasteiger partial charge is 0.333 e. The van der Waals surface area contributed by atoms with Crippen molar-refractivity contribution in [3.05, 3.63) is 93.6 Å². The maximum atomic E-state index is 12.8. The summed E-state index contributed by atoms with van der Waals surface area (Å²) in [5.41, 5.74) is 3.59.